The van der Waals surface area contributed by atoms with Crippen molar-refractivity contribution in [1.82, 2.24) is 9.21 Å². The summed E-state index contributed by atoms with van der Waals surface area (Å²) in [6, 6.07) is 15.5. The number of benzene rings is 2. The highest BCUT2D eigenvalue weighted by molar-refractivity contribution is 7.89. The lowest BCUT2D eigenvalue weighted by Crippen LogP contribution is -2.53. The molecular formula is C19H23FN2O2S. The van der Waals surface area contributed by atoms with Crippen molar-refractivity contribution in [2.75, 3.05) is 26.2 Å². The molecule has 1 aliphatic heterocycles. The molecule has 0 N–H and O–H groups in total. The predicted molar refractivity (Wildman–Crippen MR) is 96.3 cm³/mol. The van der Waals surface area contributed by atoms with Crippen LogP contribution >= 0.6 is 0 Å². The van der Waals surface area contributed by atoms with Gasteiger partial charge in [-0.1, -0.05) is 30.3 Å². The Morgan fingerprint density at radius 2 is 1.72 bits per heavy atom. The first kappa shape index (κ1) is 18.0. The normalized spacial score (nSPS) is 19.8. The fourth-order valence-corrected chi connectivity index (χ4v) is 4.70. The first-order valence-corrected chi connectivity index (χ1v) is 9.94. The number of halogens is 1. The van der Waals surface area contributed by atoms with Gasteiger partial charge in [0.2, 0.25) is 10.0 Å². The Bertz CT molecular complexity index is 794. The zero-order valence-electron chi connectivity index (χ0n) is 14.3. The van der Waals surface area contributed by atoms with E-state index in [1.807, 2.05) is 18.2 Å². The van der Waals surface area contributed by atoms with Crippen LogP contribution in [0.1, 0.15) is 12.5 Å². The van der Waals surface area contributed by atoms with Crippen LogP contribution in [0.25, 0.3) is 0 Å². The van der Waals surface area contributed by atoms with E-state index in [0.29, 0.717) is 19.6 Å². The first-order valence-electron chi connectivity index (χ1n) is 8.50. The maximum atomic E-state index is 13.0. The van der Waals surface area contributed by atoms with Crippen LogP contribution in [-0.4, -0.2) is 49.8 Å². The van der Waals surface area contributed by atoms with E-state index in [4.69, 9.17) is 0 Å². The van der Waals surface area contributed by atoms with Gasteiger partial charge in [0.05, 0.1) is 4.90 Å². The average Bonchev–Trinajstić information content (AvgIpc) is 2.62. The molecule has 0 amide bonds. The van der Waals surface area contributed by atoms with E-state index in [-0.39, 0.29) is 10.9 Å². The lowest BCUT2D eigenvalue weighted by Gasteiger charge is -2.39. The number of sulfonamides is 1. The topological polar surface area (TPSA) is 40.6 Å². The van der Waals surface area contributed by atoms with Gasteiger partial charge >= 0.3 is 0 Å². The highest BCUT2D eigenvalue weighted by Gasteiger charge is 2.31. The fourth-order valence-electron chi connectivity index (χ4n) is 3.19. The Morgan fingerprint density at radius 1 is 1.04 bits per heavy atom. The lowest BCUT2D eigenvalue weighted by atomic mass is 10.1. The van der Waals surface area contributed by atoms with E-state index >= 15 is 0 Å². The van der Waals surface area contributed by atoms with Crippen LogP contribution in [0.3, 0.4) is 0 Å². The molecule has 4 nitrogen and oxygen atoms in total. The summed E-state index contributed by atoms with van der Waals surface area (Å²) < 4.78 is 40.0. The molecule has 6 heteroatoms. The molecule has 0 saturated carbocycles. The minimum absolute atomic E-state index is 0.146. The van der Waals surface area contributed by atoms with Gasteiger partial charge in [0.25, 0.3) is 0 Å². The van der Waals surface area contributed by atoms with Crippen molar-refractivity contribution < 1.29 is 12.8 Å². The second-order valence-electron chi connectivity index (χ2n) is 6.44. The zero-order chi connectivity index (χ0) is 17.9. The highest BCUT2D eigenvalue weighted by atomic mass is 32.2. The molecule has 1 aliphatic rings. The monoisotopic (exact) mass is 362 g/mol. The SMILES string of the molecule is CC1CN(S(=O)(=O)c2ccc(F)cc2)CCN1CCc1ccccc1. The molecule has 0 aliphatic carbocycles. The van der Waals surface area contributed by atoms with Gasteiger partial charge in [-0.3, -0.25) is 4.90 Å². The van der Waals surface area contributed by atoms with Crippen LogP contribution in [0, 0.1) is 5.82 Å². The molecule has 0 bridgehead atoms. The third-order valence-corrected chi connectivity index (χ3v) is 6.59. The summed E-state index contributed by atoms with van der Waals surface area (Å²) in [6.07, 6.45) is 0.954. The van der Waals surface area contributed by atoms with Crippen LogP contribution in [0.2, 0.25) is 0 Å². The van der Waals surface area contributed by atoms with Gasteiger partial charge in [-0.05, 0) is 43.2 Å². The molecule has 0 spiro atoms. The van der Waals surface area contributed by atoms with Crippen molar-refractivity contribution >= 4 is 10.0 Å². The van der Waals surface area contributed by atoms with Crippen molar-refractivity contribution in [3.63, 3.8) is 0 Å². The number of rotatable bonds is 5. The molecule has 2 aromatic rings. The molecule has 134 valence electrons. The Hall–Kier alpha value is -1.76. The minimum Gasteiger partial charge on any atom is -0.298 e. The smallest absolute Gasteiger partial charge is 0.243 e. The van der Waals surface area contributed by atoms with E-state index in [1.54, 1.807) is 0 Å². The fraction of sp³-hybridized carbons (Fsp3) is 0.368. The molecule has 1 saturated heterocycles. The molecule has 1 heterocycles. The minimum atomic E-state index is -3.56. The van der Waals surface area contributed by atoms with Crippen LogP contribution < -0.4 is 0 Å². The van der Waals surface area contributed by atoms with Gasteiger partial charge in [-0.2, -0.15) is 4.31 Å². The summed E-state index contributed by atoms with van der Waals surface area (Å²) in [5.41, 5.74) is 1.29. The van der Waals surface area contributed by atoms with Crippen molar-refractivity contribution in [3.05, 3.63) is 66.0 Å². The van der Waals surface area contributed by atoms with E-state index in [2.05, 4.69) is 24.0 Å². The molecule has 1 unspecified atom stereocenters. The predicted octanol–water partition coefficient (Wildman–Crippen LogP) is 2.76. The Labute approximate surface area is 148 Å². The van der Waals surface area contributed by atoms with Crippen molar-refractivity contribution in [2.24, 2.45) is 0 Å². The second kappa shape index (κ2) is 7.64. The first-order chi connectivity index (χ1) is 12.0. The summed E-state index contributed by atoms with van der Waals surface area (Å²) in [7, 11) is -3.56. The second-order valence-corrected chi connectivity index (χ2v) is 8.38. The number of piperazine rings is 1. The molecule has 1 atom stereocenters. The van der Waals surface area contributed by atoms with E-state index in [9.17, 15) is 12.8 Å². The molecule has 3 rings (SSSR count). The quantitative estimate of drug-likeness (QED) is 0.821. The number of nitrogens with zero attached hydrogens (tertiary/aromatic N) is 2. The third kappa shape index (κ3) is 4.26. The van der Waals surface area contributed by atoms with Crippen LogP contribution in [0.4, 0.5) is 4.39 Å². The summed E-state index contributed by atoms with van der Waals surface area (Å²) >= 11 is 0. The van der Waals surface area contributed by atoms with E-state index in [0.717, 1.165) is 13.0 Å². The van der Waals surface area contributed by atoms with Crippen molar-refractivity contribution in [3.8, 4) is 0 Å². The molecule has 2 aromatic carbocycles. The summed E-state index contributed by atoms with van der Waals surface area (Å²) in [6.45, 7) is 4.58. The van der Waals surface area contributed by atoms with Gasteiger partial charge in [-0.15, -0.1) is 0 Å². The van der Waals surface area contributed by atoms with Gasteiger partial charge in [-0.25, -0.2) is 12.8 Å². The number of hydrogen-bond acceptors (Lipinski definition) is 3. The standard InChI is InChI=1S/C19H23FN2O2S/c1-16-15-22(25(23,24)19-9-7-18(20)8-10-19)14-13-21(16)12-11-17-5-3-2-4-6-17/h2-10,16H,11-15H2,1H3. The molecule has 0 radical (unpaired) electrons. The van der Waals surface area contributed by atoms with Crippen LogP contribution in [0.5, 0.6) is 0 Å². The van der Waals surface area contributed by atoms with Gasteiger partial charge in [0.15, 0.2) is 0 Å². The Balaban J connectivity index is 1.62. The van der Waals surface area contributed by atoms with Crippen LogP contribution in [-0.2, 0) is 16.4 Å². The maximum Gasteiger partial charge on any atom is 0.243 e. The highest BCUT2D eigenvalue weighted by Crippen LogP contribution is 2.20. The van der Waals surface area contributed by atoms with Gasteiger partial charge in [0.1, 0.15) is 5.82 Å². The number of hydrogen-bond donors (Lipinski definition) is 0. The summed E-state index contributed by atoms with van der Waals surface area (Å²) in [5.74, 6) is -0.432. The van der Waals surface area contributed by atoms with Gasteiger partial charge < -0.3 is 0 Å². The van der Waals surface area contributed by atoms with E-state index in [1.165, 1.54) is 34.1 Å². The van der Waals surface area contributed by atoms with Crippen molar-refractivity contribution in [2.45, 2.75) is 24.3 Å². The largest absolute Gasteiger partial charge is 0.298 e. The molecule has 0 aromatic heterocycles. The molecule has 1 fully saturated rings. The van der Waals surface area contributed by atoms with Gasteiger partial charge in [0, 0.05) is 32.2 Å². The Morgan fingerprint density at radius 3 is 2.36 bits per heavy atom. The Kier molecular flexibility index (Phi) is 5.51. The van der Waals surface area contributed by atoms with Crippen LogP contribution in [0.15, 0.2) is 59.5 Å². The van der Waals surface area contributed by atoms with Crippen molar-refractivity contribution in [1.29, 1.82) is 0 Å². The maximum absolute atomic E-state index is 13.0. The summed E-state index contributed by atoms with van der Waals surface area (Å²) in [4.78, 5) is 2.47. The zero-order valence-corrected chi connectivity index (χ0v) is 15.1. The molecule has 25 heavy (non-hydrogen) atoms. The third-order valence-electron chi connectivity index (χ3n) is 4.71. The van der Waals surface area contributed by atoms with E-state index < -0.39 is 15.8 Å². The lowest BCUT2D eigenvalue weighted by molar-refractivity contribution is 0.130. The molecular weight excluding hydrogens is 339 g/mol. The summed E-state index contributed by atoms with van der Waals surface area (Å²) in [5, 5.41) is 0. The average molecular weight is 362 g/mol.